The number of rotatable bonds is 7. The highest BCUT2D eigenvalue weighted by molar-refractivity contribution is 5.87. The first-order chi connectivity index (χ1) is 13.7. The van der Waals surface area contributed by atoms with Crippen LogP contribution in [0.15, 0.2) is 65.1 Å². The summed E-state index contributed by atoms with van der Waals surface area (Å²) in [6, 6.07) is 19.4. The summed E-state index contributed by atoms with van der Waals surface area (Å²) in [6.07, 6.45) is 1.66. The van der Waals surface area contributed by atoms with E-state index in [0.717, 1.165) is 29.3 Å². The van der Waals surface area contributed by atoms with E-state index in [0.29, 0.717) is 17.5 Å². The number of fused-ring (bicyclic) bond motifs is 1. The van der Waals surface area contributed by atoms with Crippen LogP contribution >= 0.6 is 0 Å². The highest BCUT2D eigenvalue weighted by atomic mass is 16.5. The van der Waals surface area contributed by atoms with Crippen LogP contribution in [0.4, 0.5) is 0 Å². The van der Waals surface area contributed by atoms with Crippen molar-refractivity contribution in [1.29, 1.82) is 0 Å². The van der Waals surface area contributed by atoms with Gasteiger partial charge in [-0.15, -0.1) is 10.2 Å². The van der Waals surface area contributed by atoms with E-state index < -0.39 is 0 Å². The van der Waals surface area contributed by atoms with Crippen molar-refractivity contribution in [3.8, 4) is 11.6 Å². The van der Waals surface area contributed by atoms with Gasteiger partial charge in [-0.1, -0.05) is 55.5 Å². The zero-order valence-corrected chi connectivity index (χ0v) is 15.7. The molecule has 0 bridgehead atoms. The molecule has 2 aromatic heterocycles. The van der Waals surface area contributed by atoms with Gasteiger partial charge in [0.05, 0.1) is 0 Å². The minimum Gasteiger partial charge on any atom is -0.459 e. The molecule has 28 heavy (non-hydrogen) atoms. The standard InChI is InChI=1S/C22H21N3O3/c1-2-8-20-23-24-22(28-20)19-13-17-11-6-7-12-18(17)25(19)14-21(26)27-15-16-9-4-3-5-10-16/h3-7,9-13H,2,8,14-15H2,1H3. The molecule has 0 amide bonds. The average Bonchev–Trinajstić information content (AvgIpc) is 3.32. The Labute approximate surface area is 162 Å². The van der Waals surface area contributed by atoms with Gasteiger partial charge in [0, 0.05) is 17.3 Å². The van der Waals surface area contributed by atoms with Crippen molar-refractivity contribution in [1.82, 2.24) is 14.8 Å². The van der Waals surface area contributed by atoms with Crippen LogP contribution in [-0.2, 0) is 29.1 Å². The van der Waals surface area contributed by atoms with Gasteiger partial charge >= 0.3 is 5.97 Å². The highest BCUT2D eigenvalue weighted by Gasteiger charge is 2.18. The van der Waals surface area contributed by atoms with Crippen molar-refractivity contribution in [2.75, 3.05) is 0 Å². The molecule has 0 saturated carbocycles. The van der Waals surface area contributed by atoms with Crippen molar-refractivity contribution in [2.45, 2.75) is 32.9 Å². The minimum absolute atomic E-state index is 0.0706. The Morgan fingerprint density at radius 1 is 1.07 bits per heavy atom. The van der Waals surface area contributed by atoms with E-state index >= 15 is 0 Å². The molecule has 0 spiro atoms. The third-order valence-electron chi connectivity index (χ3n) is 4.49. The third kappa shape index (κ3) is 3.81. The zero-order chi connectivity index (χ0) is 19.3. The molecule has 0 aliphatic carbocycles. The van der Waals surface area contributed by atoms with E-state index in [1.807, 2.05) is 65.2 Å². The summed E-state index contributed by atoms with van der Waals surface area (Å²) in [7, 11) is 0. The third-order valence-corrected chi connectivity index (χ3v) is 4.49. The molecule has 2 heterocycles. The molecule has 6 nitrogen and oxygen atoms in total. The molecular weight excluding hydrogens is 354 g/mol. The van der Waals surface area contributed by atoms with Crippen LogP contribution in [0.1, 0.15) is 24.8 Å². The molecule has 4 rings (SSSR count). The van der Waals surface area contributed by atoms with Gasteiger partial charge in [0.2, 0.25) is 5.89 Å². The molecular formula is C22H21N3O3. The van der Waals surface area contributed by atoms with Crippen molar-refractivity contribution < 1.29 is 13.9 Å². The van der Waals surface area contributed by atoms with Gasteiger partial charge in [0.25, 0.3) is 5.89 Å². The van der Waals surface area contributed by atoms with Crippen molar-refractivity contribution in [3.05, 3.63) is 72.1 Å². The van der Waals surface area contributed by atoms with Crippen LogP contribution in [0.2, 0.25) is 0 Å². The maximum atomic E-state index is 12.5. The number of aryl methyl sites for hydroxylation is 1. The van der Waals surface area contributed by atoms with Gasteiger partial charge in [-0.3, -0.25) is 4.79 Å². The Hall–Kier alpha value is -3.41. The molecule has 0 N–H and O–H groups in total. The molecule has 0 fully saturated rings. The first-order valence-electron chi connectivity index (χ1n) is 9.35. The van der Waals surface area contributed by atoms with Crippen LogP contribution in [-0.4, -0.2) is 20.7 Å². The number of hydrogen-bond acceptors (Lipinski definition) is 5. The van der Waals surface area contributed by atoms with Gasteiger partial charge in [-0.2, -0.15) is 0 Å². The quantitative estimate of drug-likeness (QED) is 0.448. The summed E-state index contributed by atoms with van der Waals surface area (Å²) >= 11 is 0. The summed E-state index contributed by atoms with van der Waals surface area (Å²) in [5.41, 5.74) is 2.59. The number of carbonyl (C=O) groups excluding carboxylic acids is 1. The molecule has 6 heteroatoms. The SMILES string of the molecule is CCCc1nnc(-c2cc3ccccc3n2CC(=O)OCc2ccccc2)o1. The lowest BCUT2D eigenvalue weighted by Gasteiger charge is -2.09. The molecule has 142 valence electrons. The van der Waals surface area contributed by atoms with E-state index in [2.05, 4.69) is 17.1 Å². The molecule has 0 atom stereocenters. The second kappa shape index (κ2) is 8.08. The Bertz CT molecular complexity index is 1080. The lowest BCUT2D eigenvalue weighted by atomic mass is 10.2. The average molecular weight is 375 g/mol. The van der Waals surface area contributed by atoms with E-state index in [1.54, 1.807) is 0 Å². The molecule has 2 aromatic carbocycles. The van der Waals surface area contributed by atoms with Gasteiger partial charge in [-0.25, -0.2) is 0 Å². The first kappa shape index (κ1) is 18.0. The summed E-state index contributed by atoms with van der Waals surface area (Å²) in [4.78, 5) is 12.5. The largest absolute Gasteiger partial charge is 0.459 e. The predicted molar refractivity (Wildman–Crippen MR) is 105 cm³/mol. The predicted octanol–water partition coefficient (Wildman–Crippen LogP) is 4.39. The van der Waals surface area contributed by atoms with Crippen molar-refractivity contribution >= 4 is 16.9 Å². The molecule has 0 saturated heterocycles. The monoisotopic (exact) mass is 375 g/mol. The second-order valence-corrected chi connectivity index (χ2v) is 6.57. The van der Waals surface area contributed by atoms with Crippen LogP contribution < -0.4 is 0 Å². The number of esters is 1. The number of benzene rings is 2. The van der Waals surface area contributed by atoms with Crippen LogP contribution in [0.25, 0.3) is 22.5 Å². The lowest BCUT2D eigenvalue weighted by Crippen LogP contribution is -2.14. The normalized spacial score (nSPS) is 11.0. The lowest BCUT2D eigenvalue weighted by molar-refractivity contribution is -0.145. The van der Waals surface area contributed by atoms with Crippen LogP contribution in [0, 0.1) is 0 Å². The molecule has 0 aliphatic heterocycles. The number of para-hydroxylation sites is 1. The summed E-state index contributed by atoms with van der Waals surface area (Å²) in [5, 5.41) is 9.28. The number of hydrogen-bond donors (Lipinski definition) is 0. The van der Waals surface area contributed by atoms with Crippen molar-refractivity contribution in [3.63, 3.8) is 0 Å². The summed E-state index contributed by atoms with van der Waals surface area (Å²) in [5.74, 6) is 0.691. The fourth-order valence-corrected chi connectivity index (χ4v) is 3.14. The van der Waals surface area contributed by atoms with E-state index in [4.69, 9.17) is 9.15 Å². The Morgan fingerprint density at radius 3 is 2.68 bits per heavy atom. The Kier molecular flexibility index (Phi) is 5.19. The van der Waals surface area contributed by atoms with Crippen LogP contribution in [0.5, 0.6) is 0 Å². The number of nitrogens with zero attached hydrogens (tertiary/aromatic N) is 3. The maximum Gasteiger partial charge on any atom is 0.326 e. The van der Waals surface area contributed by atoms with Gasteiger partial charge in [0.15, 0.2) is 0 Å². The van der Waals surface area contributed by atoms with Crippen LogP contribution in [0.3, 0.4) is 0 Å². The van der Waals surface area contributed by atoms with E-state index in [-0.39, 0.29) is 19.1 Å². The zero-order valence-electron chi connectivity index (χ0n) is 15.7. The number of aromatic nitrogens is 3. The first-order valence-corrected chi connectivity index (χ1v) is 9.35. The minimum atomic E-state index is -0.320. The smallest absolute Gasteiger partial charge is 0.326 e. The van der Waals surface area contributed by atoms with Gasteiger partial charge in [0.1, 0.15) is 18.8 Å². The number of ether oxygens (including phenoxy) is 1. The van der Waals surface area contributed by atoms with E-state index in [9.17, 15) is 4.79 Å². The molecule has 0 unspecified atom stereocenters. The fourth-order valence-electron chi connectivity index (χ4n) is 3.14. The van der Waals surface area contributed by atoms with Gasteiger partial charge < -0.3 is 13.7 Å². The van der Waals surface area contributed by atoms with E-state index in [1.165, 1.54) is 0 Å². The van der Waals surface area contributed by atoms with Gasteiger partial charge in [-0.05, 0) is 24.1 Å². The van der Waals surface area contributed by atoms with Crippen molar-refractivity contribution in [2.24, 2.45) is 0 Å². The molecule has 4 aromatic rings. The number of carbonyl (C=O) groups is 1. The highest BCUT2D eigenvalue weighted by Crippen LogP contribution is 2.28. The second-order valence-electron chi connectivity index (χ2n) is 6.57. The molecule has 0 radical (unpaired) electrons. The summed E-state index contributed by atoms with van der Waals surface area (Å²) in [6.45, 7) is 2.38. The maximum absolute atomic E-state index is 12.5. The fraction of sp³-hybridized carbons (Fsp3) is 0.227. The Balaban J connectivity index is 1.60. The molecule has 0 aliphatic rings. The Morgan fingerprint density at radius 2 is 1.86 bits per heavy atom. The summed E-state index contributed by atoms with van der Waals surface area (Å²) < 4.78 is 13.1. The topological polar surface area (TPSA) is 70.2 Å².